The number of ether oxygens (including phenoxy) is 1. The zero-order valence-electron chi connectivity index (χ0n) is 15.0. The van der Waals surface area contributed by atoms with Gasteiger partial charge in [-0.2, -0.15) is 0 Å². The number of halogens is 1. The Balaban J connectivity index is 1.65. The van der Waals surface area contributed by atoms with Gasteiger partial charge in [0.05, 0.1) is 25.1 Å². The number of amides is 1. The molecule has 0 radical (unpaired) electrons. The van der Waals surface area contributed by atoms with Crippen LogP contribution in [0, 0.1) is 6.92 Å². The van der Waals surface area contributed by atoms with Crippen LogP contribution in [0.4, 0.5) is 5.69 Å². The largest absolute Gasteiger partial charge is 0.495 e. The Hall–Kier alpha value is -2.51. The fourth-order valence-corrected chi connectivity index (χ4v) is 3.47. The van der Waals surface area contributed by atoms with Crippen molar-refractivity contribution in [2.24, 2.45) is 0 Å². The van der Waals surface area contributed by atoms with Crippen molar-refractivity contribution in [3.05, 3.63) is 64.9 Å². The molecule has 2 aromatic carbocycles. The van der Waals surface area contributed by atoms with Gasteiger partial charge in [-0.25, -0.2) is 0 Å². The summed E-state index contributed by atoms with van der Waals surface area (Å²) in [6, 6.07) is 15.1. The molecule has 0 saturated carbocycles. The lowest BCUT2D eigenvalue weighted by Crippen LogP contribution is -2.15. The Labute approximate surface area is 166 Å². The summed E-state index contributed by atoms with van der Waals surface area (Å²) in [4.78, 5) is 12.4. The number of hydrogen-bond donors (Lipinski definition) is 1. The van der Waals surface area contributed by atoms with Crippen LogP contribution in [0.5, 0.6) is 5.75 Å². The predicted octanol–water partition coefficient (Wildman–Crippen LogP) is 4.03. The number of carbonyl (C=O) groups excluding carboxylic acids is 1. The molecular weight excluding hydrogens is 384 g/mol. The van der Waals surface area contributed by atoms with E-state index >= 15 is 0 Å². The highest BCUT2D eigenvalue weighted by molar-refractivity contribution is 7.99. The predicted molar refractivity (Wildman–Crippen MR) is 108 cm³/mol. The summed E-state index contributed by atoms with van der Waals surface area (Å²) < 4.78 is 7.24. The maximum Gasteiger partial charge on any atom is 0.234 e. The van der Waals surface area contributed by atoms with E-state index in [1.807, 2.05) is 41.8 Å². The van der Waals surface area contributed by atoms with Crippen LogP contribution < -0.4 is 10.1 Å². The Morgan fingerprint density at radius 1 is 1.22 bits per heavy atom. The molecule has 140 valence electrons. The number of thioether (sulfide) groups is 1. The van der Waals surface area contributed by atoms with Crippen molar-refractivity contribution >= 4 is 35.0 Å². The van der Waals surface area contributed by atoms with Crippen molar-refractivity contribution in [3.63, 3.8) is 0 Å². The number of nitrogens with zero attached hydrogens (tertiary/aromatic N) is 3. The van der Waals surface area contributed by atoms with E-state index in [0.717, 1.165) is 11.4 Å². The Morgan fingerprint density at radius 2 is 2.00 bits per heavy atom. The van der Waals surface area contributed by atoms with Gasteiger partial charge < -0.3 is 14.6 Å². The fourth-order valence-electron chi connectivity index (χ4n) is 2.51. The van der Waals surface area contributed by atoms with Crippen LogP contribution in [0.2, 0.25) is 5.02 Å². The van der Waals surface area contributed by atoms with Crippen molar-refractivity contribution in [2.75, 3.05) is 18.2 Å². The van der Waals surface area contributed by atoms with E-state index in [0.29, 0.717) is 28.2 Å². The molecule has 0 fully saturated rings. The molecule has 1 N–H and O–H groups in total. The highest BCUT2D eigenvalue weighted by Gasteiger charge is 2.14. The summed E-state index contributed by atoms with van der Waals surface area (Å²) >= 11 is 7.33. The average Bonchev–Trinajstić information content (AvgIpc) is 3.01. The third kappa shape index (κ3) is 5.02. The van der Waals surface area contributed by atoms with Gasteiger partial charge in [-0.1, -0.05) is 53.7 Å². The number of benzene rings is 2. The van der Waals surface area contributed by atoms with Gasteiger partial charge in [0.15, 0.2) is 5.16 Å². The number of methoxy groups -OCH3 is 1. The molecule has 1 aromatic heterocycles. The van der Waals surface area contributed by atoms with E-state index in [1.165, 1.54) is 11.8 Å². The Kier molecular flexibility index (Phi) is 6.36. The molecule has 8 heteroatoms. The van der Waals surface area contributed by atoms with Crippen LogP contribution in [-0.4, -0.2) is 33.5 Å². The maximum absolute atomic E-state index is 12.4. The Bertz CT molecular complexity index is 931. The number of anilines is 1. The quantitative estimate of drug-likeness (QED) is 0.604. The van der Waals surface area contributed by atoms with Gasteiger partial charge in [-0.05, 0) is 30.7 Å². The van der Waals surface area contributed by atoms with Gasteiger partial charge >= 0.3 is 0 Å². The molecule has 3 rings (SSSR count). The smallest absolute Gasteiger partial charge is 0.234 e. The van der Waals surface area contributed by atoms with Gasteiger partial charge in [-0.15, -0.1) is 10.2 Å². The molecule has 3 aromatic rings. The van der Waals surface area contributed by atoms with Crippen LogP contribution >= 0.6 is 23.4 Å². The summed E-state index contributed by atoms with van der Waals surface area (Å²) in [7, 11) is 1.54. The van der Waals surface area contributed by atoms with Crippen LogP contribution in [-0.2, 0) is 11.3 Å². The fraction of sp³-hybridized carbons (Fsp3) is 0.211. The summed E-state index contributed by atoms with van der Waals surface area (Å²) in [5.74, 6) is 1.38. The van der Waals surface area contributed by atoms with E-state index in [4.69, 9.17) is 16.3 Å². The third-order valence-electron chi connectivity index (χ3n) is 3.85. The number of aromatic nitrogens is 3. The lowest BCUT2D eigenvalue weighted by molar-refractivity contribution is -0.113. The van der Waals surface area contributed by atoms with E-state index in [9.17, 15) is 4.79 Å². The molecule has 0 atom stereocenters. The molecule has 6 nitrogen and oxygen atoms in total. The minimum absolute atomic E-state index is 0.174. The van der Waals surface area contributed by atoms with Crippen LogP contribution in [0.15, 0.2) is 53.7 Å². The SMILES string of the molecule is COc1ccc(Cl)cc1NC(=O)CSc1nnc(C)n1Cc1ccccc1. The molecule has 0 aliphatic carbocycles. The van der Waals surface area contributed by atoms with Crippen molar-refractivity contribution in [2.45, 2.75) is 18.6 Å². The minimum atomic E-state index is -0.174. The van der Waals surface area contributed by atoms with Crippen LogP contribution in [0.3, 0.4) is 0 Å². The van der Waals surface area contributed by atoms with Crippen LogP contribution in [0.1, 0.15) is 11.4 Å². The molecule has 27 heavy (non-hydrogen) atoms. The summed E-state index contributed by atoms with van der Waals surface area (Å²) in [6.07, 6.45) is 0. The standard InChI is InChI=1S/C19H19ClN4O2S/c1-13-22-23-19(24(13)11-14-6-4-3-5-7-14)27-12-18(25)21-16-10-15(20)8-9-17(16)26-2/h3-10H,11-12H2,1-2H3,(H,21,25). The first kappa shape index (κ1) is 19.3. The lowest BCUT2D eigenvalue weighted by Gasteiger charge is -2.11. The maximum atomic E-state index is 12.4. The topological polar surface area (TPSA) is 69.0 Å². The Morgan fingerprint density at radius 3 is 2.74 bits per heavy atom. The van der Waals surface area contributed by atoms with Crippen molar-refractivity contribution in [3.8, 4) is 5.75 Å². The monoisotopic (exact) mass is 402 g/mol. The van der Waals surface area contributed by atoms with E-state index in [2.05, 4.69) is 15.5 Å². The second kappa shape index (κ2) is 8.92. The molecule has 0 spiro atoms. The molecular formula is C19H19ClN4O2S. The van der Waals surface area contributed by atoms with E-state index in [1.54, 1.807) is 25.3 Å². The van der Waals surface area contributed by atoms with Gasteiger partial charge in [0.1, 0.15) is 11.6 Å². The average molecular weight is 403 g/mol. The first-order chi connectivity index (χ1) is 13.1. The van der Waals surface area contributed by atoms with Crippen molar-refractivity contribution in [1.29, 1.82) is 0 Å². The second-order valence-electron chi connectivity index (χ2n) is 5.78. The summed E-state index contributed by atoms with van der Waals surface area (Å²) in [5.41, 5.74) is 1.69. The number of hydrogen-bond acceptors (Lipinski definition) is 5. The number of rotatable bonds is 7. The number of carbonyl (C=O) groups is 1. The number of nitrogens with one attached hydrogen (secondary N) is 1. The molecule has 0 unspecified atom stereocenters. The second-order valence-corrected chi connectivity index (χ2v) is 7.16. The third-order valence-corrected chi connectivity index (χ3v) is 5.06. The first-order valence-electron chi connectivity index (χ1n) is 8.26. The zero-order chi connectivity index (χ0) is 19.2. The molecule has 1 amide bonds. The molecule has 0 saturated heterocycles. The van der Waals surface area contributed by atoms with Gasteiger partial charge in [0, 0.05) is 5.02 Å². The normalized spacial score (nSPS) is 10.6. The van der Waals surface area contributed by atoms with E-state index in [-0.39, 0.29) is 11.7 Å². The van der Waals surface area contributed by atoms with E-state index < -0.39 is 0 Å². The van der Waals surface area contributed by atoms with Gasteiger partial charge in [-0.3, -0.25) is 4.79 Å². The van der Waals surface area contributed by atoms with Gasteiger partial charge in [0.25, 0.3) is 0 Å². The molecule has 1 heterocycles. The zero-order valence-corrected chi connectivity index (χ0v) is 16.5. The van der Waals surface area contributed by atoms with Crippen molar-refractivity contribution in [1.82, 2.24) is 14.8 Å². The highest BCUT2D eigenvalue weighted by atomic mass is 35.5. The minimum Gasteiger partial charge on any atom is -0.495 e. The molecule has 0 bridgehead atoms. The number of aryl methyl sites for hydroxylation is 1. The highest BCUT2D eigenvalue weighted by Crippen LogP contribution is 2.28. The van der Waals surface area contributed by atoms with Gasteiger partial charge in [0.2, 0.25) is 5.91 Å². The summed E-state index contributed by atoms with van der Waals surface area (Å²) in [5, 5.41) is 12.4. The molecule has 0 aliphatic rings. The van der Waals surface area contributed by atoms with Crippen LogP contribution in [0.25, 0.3) is 0 Å². The lowest BCUT2D eigenvalue weighted by atomic mass is 10.2. The first-order valence-corrected chi connectivity index (χ1v) is 9.63. The molecule has 0 aliphatic heterocycles. The van der Waals surface area contributed by atoms with Crippen molar-refractivity contribution < 1.29 is 9.53 Å². The summed E-state index contributed by atoms with van der Waals surface area (Å²) in [6.45, 7) is 2.56.